The summed E-state index contributed by atoms with van der Waals surface area (Å²) in [6.45, 7) is -0.0948. The zero-order chi connectivity index (χ0) is 9.26. The van der Waals surface area contributed by atoms with Gasteiger partial charge < -0.3 is 5.11 Å². The van der Waals surface area contributed by atoms with Crippen LogP contribution in [-0.4, -0.2) is 10.1 Å². The fourth-order valence-corrected chi connectivity index (χ4v) is 1.35. The maximum atomic E-state index is 13.2. The van der Waals surface area contributed by atoms with E-state index in [0.29, 0.717) is 16.3 Å². The van der Waals surface area contributed by atoms with Gasteiger partial charge in [-0.05, 0) is 17.7 Å². The van der Waals surface area contributed by atoms with Gasteiger partial charge in [-0.3, -0.25) is 4.98 Å². The summed E-state index contributed by atoms with van der Waals surface area (Å²) in [6.07, 6.45) is 3.09. The number of nitrogens with zero attached hydrogens (tertiary/aromatic N) is 1. The number of fused-ring (bicyclic) bond motifs is 1. The Morgan fingerprint density at radius 1 is 1.23 bits per heavy atom. The van der Waals surface area contributed by atoms with Crippen molar-refractivity contribution in [1.29, 1.82) is 0 Å². The molecule has 0 fully saturated rings. The zero-order valence-corrected chi connectivity index (χ0v) is 6.87. The molecule has 1 aromatic heterocycles. The van der Waals surface area contributed by atoms with Crippen molar-refractivity contribution in [2.45, 2.75) is 6.61 Å². The van der Waals surface area contributed by atoms with Crippen molar-refractivity contribution in [1.82, 2.24) is 4.98 Å². The van der Waals surface area contributed by atoms with Crippen molar-refractivity contribution in [2.75, 3.05) is 0 Å². The molecule has 0 amide bonds. The van der Waals surface area contributed by atoms with Gasteiger partial charge in [-0.2, -0.15) is 0 Å². The van der Waals surface area contributed by atoms with Crippen LogP contribution in [0, 0.1) is 5.82 Å². The molecule has 0 bridgehead atoms. The Bertz CT molecular complexity index is 442. The Hall–Kier alpha value is -1.48. The van der Waals surface area contributed by atoms with Crippen LogP contribution in [0.2, 0.25) is 0 Å². The Kier molecular flexibility index (Phi) is 1.94. The molecule has 1 heterocycles. The van der Waals surface area contributed by atoms with Gasteiger partial charge >= 0.3 is 0 Å². The first-order valence-electron chi connectivity index (χ1n) is 3.95. The predicted octanol–water partition coefficient (Wildman–Crippen LogP) is 1.87. The van der Waals surface area contributed by atoms with Crippen LogP contribution >= 0.6 is 0 Å². The quantitative estimate of drug-likeness (QED) is 0.721. The standard InChI is InChI=1S/C10H8FNO/c11-10-2-1-7(6-13)9-5-12-4-3-8(9)10/h1-5,13H,6H2. The fourth-order valence-electron chi connectivity index (χ4n) is 1.35. The second-order valence-electron chi connectivity index (χ2n) is 2.79. The van der Waals surface area contributed by atoms with E-state index in [0.717, 1.165) is 0 Å². The molecule has 0 atom stereocenters. The average molecular weight is 177 g/mol. The molecule has 2 rings (SSSR count). The van der Waals surface area contributed by atoms with E-state index in [1.165, 1.54) is 12.3 Å². The van der Waals surface area contributed by atoms with Gasteiger partial charge in [0, 0.05) is 23.2 Å². The topological polar surface area (TPSA) is 33.1 Å². The highest BCUT2D eigenvalue weighted by Crippen LogP contribution is 2.20. The summed E-state index contributed by atoms with van der Waals surface area (Å²) in [7, 11) is 0. The molecular weight excluding hydrogens is 169 g/mol. The van der Waals surface area contributed by atoms with E-state index < -0.39 is 0 Å². The first-order chi connectivity index (χ1) is 6.33. The third-order valence-electron chi connectivity index (χ3n) is 2.03. The van der Waals surface area contributed by atoms with E-state index >= 15 is 0 Å². The zero-order valence-electron chi connectivity index (χ0n) is 6.87. The largest absolute Gasteiger partial charge is 0.392 e. The van der Waals surface area contributed by atoms with Crippen LogP contribution in [0.1, 0.15) is 5.56 Å². The van der Waals surface area contributed by atoms with Gasteiger partial charge in [-0.1, -0.05) is 6.07 Å². The lowest BCUT2D eigenvalue weighted by molar-refractivity contribution is 0.283. The van der Waals surface area contributed by atoms with Gasteiger partial charge in [-0.15, -0.1) is 0 Å². The van der Waals surface area contributed by atoms with Crippen LogP contribution in [0.4, 0.5) is 4.39 Å². The molecule has 0 spiro atoms. The highest BCUT2D eigenvalue weighted by molar-refractivity contribution is 5.85. The summed E-state index contributed by atoms with van der Waals surface area (Å²) in [6, 6.07) is 4.52. The van der Waals surface area contributed by atoms with Crippen molar-refractivity contribution in [2.24, 2.45) is 0 Å². The molecule has 13 heavy (non-hydrogen) atoms. The van der Waals surface area contributed by atoms with Crippen molar-refractivity contribution >= 4 is 10.8 Å². The van der Waals surface area contributed by atoms with Gasteiger partial charge in [0.25, 0.3) is 0 Å². The number of rotatable bonds is 1. The van der Waals surface area contributed by atoms with Crippen LogP contribution in [0.3, 0.4) is 0 Å². The number of halogens is 1. The third kappa shape index (κ3) is 1.27. The molecule has 2 aromatic rings. The van der Waals surface area contributed by atoms with Gasteiger partial charge in [0.05, 0.1) is 6.61 Å². The van der Waals surface area contributed by atoms with Gasteiger partial charge in [0.15, 0.2) is 0 Å². The molecule has 0 saturated carbocycles. The van der Waals surface area contributed by atoms with Crippen molar-refractivity contribution in [3.63, 3.8) is 0 Å². The number of pyridine rings is 1. The van der Waals surface area contributed by atoms with E-state index in [1.807, 2.05) is 0 Å². The molecule has 0 aliphatic rings. The molecule has 66 valence electrons. The fraction of sp³-hybridized carbons (Fsp3) is 0.100. The third-order valence-corrected chi connectivity index (χ3v) is 2.03. The Balaban J connectivity index is 2.84. The summed E-state index contributed by atoms with van der Waals surface area (Å²) < 4.78 is 13.2. The smallest absolute Gasteiger partial charge is 0.131 e. The monoisotopic (exact) mass is 177 g/mol. The molecule has 1 N–H and O–H groups in total. The molecule has 1 aromatic carbocycles. The highest BCUT2D eigenvalue weighted by Gasteiger charge is 2.03. The SMILES string of the molecule is OCc1ccc(F)c2ccncc12. The summed E-state index contributed by atoms with van der Waals surface area (Å²) in [4.78, 5) is 3.88. The lowest BCUT2D eigenvalue weighted by Gasteiger charge is -2.03. The minimum absolute atomic E-state index is 0.0948. The van der Waals surface area contributed by atoms with E-state index in [9.17, 15) is 4.39 Å². The molecule has 0 radical (unpaired) electrons. The van der Waals surface area contributed by atoms with Gasteiger partial charge in [0.1, 0.15) is 5.82 Å². The molecule has 0 aliphatic carbocycles. The van der Waals surface area contributed by atoms with Crippen LogP contribution in [0.15, 0.2) is 30.6 Å². The number of aliphatic hydroxyl groups is 1. The van der Waals surface area contributed by atoms with E-state index in [1.54, 1.807) is 18.3 Å². The highest BCUT2D eigenvalue weighted by atomic mass is 19.1. The minimum atomic E-state index is -0.283. The molecule has 3 heteroatoms. The Labute approximate surface area is 74.7 Å². The Morgan fingerprint density at radius 2 is 2.08 bits per heavy atom. The maximum absolute atomic E-state index is 13.2. The average Bonchev–Trinajstić information content (AvgIpc) is 2.19. The molecule has 2 nitrogen and oxygen atoms in total. The first-order valence-corrected chi connectivity index (χ1v) is 3.95. The summed E-state index contributed by atoms with van der Waals surface area (Å²) in [5.74, 6) is -0.283. The molecule has 0 aliphatic heterocycles. The first kappa shape index (κ1) is 8.13. The second-order valence-corrected chi connectivity index (χ2v) is 2.79. The van der Waals surface area contributed by atoms with Gasteiger partial charge in [0.2, 0.25) is 0 Å². The lowest BCUT2D eigenvalue weighted by atomic mass is 10.1. The van der Waals surface area contributed by atoms with Gasteiger partial charge in [-0.25, -0.2) is 4.39 Å². The van der Waals surface area contributed by atoms with E-state index in [-0.39, 0.29) is 12.4 Å². The lowest BCUT2D eigenvalue weighted by Crippen LogP contribution is -1.89. The van der Waals surface area contributed by atoms with E-state index in [4.69, 9.17) is 5.11 Å². The maximum Gasteiger partial charge on any atom is 0.131 e. The second kappa shape index (κ2) is 3.11. The molecular formula is C10H8FNO. The molecule has 0 saturated heterocycles. The van der Waals surface area contributed by atoms with Crippen LogP contribution in [0.25, 0.3) is 10.8 Å². The van der Waals surface area contributed by atoms with Crippen LogP contribution in [-0.2, 0) is 6.61 Å². The summed E-state index contributed by atoms with van der Waals surface area (Å²) >= 11 is 0. The van der Waals surface area contributed by atoms with E-state index in [2.05, 4.69) is 4.98 Å². The van der Waals surface area contributed by atoms with Crippen LogP contribution < -0.4 is 0 Å². The van der Waals surface area contributed by atoms with Crippen LogP contribution in [0.5, 0.6) is 0 Å². The van der Waals surface area contributed by atoms with Crippen molar-refractivity contribution in [3.05, 3.63) is 42.0 Å². The normalized spacial score (nSPS) is 10.6. The summed E-state index contributed by atoms with van der Waals surface area (Å²) in [5.41, 5.74) is 0.699. The van der Waals surface area contributed by atoms with Crippen molar-refractivity contribution in [3.8, 4) is 0 Å². The Morgan fingerprint density at radius 3 is 2.85 bits per heavy atom. The number of benzene rings is 1. The number of aliphatic hydroxyl groups excluding tert-OH is 1. The van der Waals surface area contributed by atoms with Crippen molar-refractivity contribution < 1.29 is 9.50 Å². The number of aromatic nitrogens is 1. The number of hydrogen-bond donors (Lipinski definition) is 1. The molecule has 0 unspecified atom stereocenters. The predicted molar refractivity (Wildman–Crippen MR) is 47.6 cm³/mol. The minimum Gasteiger partial charge on any atom is -0.392 e. The summed E-state index contributed by atoms with van der Waals surface area (Å²) in [5, 5.41) is 10.1. The number of hydrogen-bond acceptors (Lipinski definition) is 2.